The number of carbonyl (C=O) groups is 4. The molecule has 0 spiro atoms. The van der Waals surface area contributed by atoms with E-state index in [4.69, 9.17) is 14.2 Å². The fourth-order valence-electron chi connectivity index (χ4n) is 4.97. The van der Waals surface area contributed by atoms with Crippen LogP contribution in [0.1, 0.15) is 28.2 Å². The highest BCUT2D eigenvalue weighted by Crippen LogP contribution is 2.44. The second kappa shape index (κ2) is 15.7. The highest BCUT2D eigenvalue weighted by Gasteiger charge is 2.30. The summed E-state index contributed by atoms with van der Waals surface area (Å²) in [6.45, 7) is -0.740. The topological polar surface area (TPSA) is 165 Å². The van der Waals surface area contributed by atoms with Crippen molar-refractivity contribution in [1.82, 2.24) is 16.0 Å². The molecule has 5 rings (SSSR count). The molecule has 12 heteroatoms. The van der Waals surface area contributed by atoms with Crippen LogP contribution < -0.4 is 16.0 Å². The van der Waals surface area contributed by atoms with Crippen molar-refractivity contribution in [1.29, 1.82) is 0 Å². The molecular formula is C35H32N4O8. The van der Waals surface area contributed by atoms with Crippen LogP contribution in [0.15, 0.2) is 114 Å². The molecule has 0 heterocycles. The maximum absolute atomic E-state index is 12.8. The van der Waals surface area contributed by atoms with Gasteiger partial charge in [0, 0.05) is 5.92 Å². The molecule has 3 amide bonds. The minimum Gasteiger partial charge on any atom is -0.480 e. The third-order valence-corrected chi connectivity index (χ3v) is 7.23. The Labute approximate surface area is 270 Å². The lowest BCUT2D eigenvalue weighted by Crippen LogP contribution is -2.47. The lowest BCUT2D eigenvalue weighted by Gasteiger charge is -2.17. The van der Waals surface area contributed by atoms with Gasteiger partial charge in [0.1, 0.15) is 25.9 Å². The van der Waals surface area contributed by atoms with Gasteiger partial charge < -0.3 is 24.6 Å². The number of aliphatic imine (C=N–C) groups is 1. The maximum Gasteiger partial charge on any atom is 0.414 e. The number of nitrogens with one attached hydrogen (secondary N) is 3. The number of alkyl carbamates (subject to hydrolysis) is 3. The van der Waals surface area contributed by atoms with Gasteiger partial charge in [0.25, 0.3) is 0 Å². The number of amides is 3. The number of carboxylic acids is 1. The van der Waals surface area contributed by atoms with Crippen LogP contribution in [0, 0.1) is 0 Å². The molecule has 12 nitrogen and oxygen atoms in total. The SMILES string of the molecule is O=C(NC(=NC[C@H](NC(=O)OCC1c2ccccc2-c2ccccc21)C(=O)O)NC(=O)OCc1ccccc1)OCc1ccccc1. The zero-order chi connectivity index (χ0) is 33.0. The van der Waals surface area contributed by atoms with Gasteiger partial charge in [0.05, 0.1) is 6.54 Å². The molecule has 4 aromatic rings. The molecule has 240 valence electrons. The smallest absolute Gasteiger partial charge is 0.414 e. The van der Waals surface area contributed by atoms with Gasteiger partial charge in [-0.2, -0.15) is 0 Å². The number of benzene rings is 4. The summed E-state index contributed by atoms with van der Waals surface area (Å²) >= 11 is 0. The van der Waals surface area contributed by atoms with Crippen LogP contribution in [-0.4, -0.2) is 54.5 Å². The summed E-state index contributed by atoms with van der Waals surface area (Å²) in [7, 11) is 0. The Hall–Kier alpha value is -6.17. The summed E-state index contributed by atoms with van der Waals surface area (Å²) in [4.78, 5) is 53.9. The number of carboxylic acid groups (broad SMARTS) is 1. The molecule has 1 aliphatic rings. The lowest BCUT2D eigenvalue weighted by molar-refractivity contribution is -0.139. The van der Waals surface area contributed by atoms with Crippen molar-refractivity contribution in [3.63, 3.8) is 0 Å². The van der Waals surface area contributed by atoms with Gasteiger partial charge in [-0.1, -0.05) is 109 Å². The number of hydrogen-bond acceptors (Lipinski definition) is 8. The van der Waals surface area contributed by atoms with Crippen molar-refractivity contribution in [2.75, 3.05) is 13.2 Å². The number of carbonyl (C=O) groups excluding carboxylic acids is 3. The largest absolute Gasteiger partial charge is 0.480 e. The fraction of sp³-hybridized carbons (Fsp3) is 0.171. The Balaban J connectivity index is 1.21. The van der Waals surface area contributed by atoms with Crippen LogP contribution in [-0.2, 0) is 32.2 Å². The summed E-state index contributed by atoms with van der Waals surface area (Å²) in [5, 5.41) is 16.7. The third-order valence-electron chi connectivity index (χ3n) is 7.23. The van der Waals surface area contributed by atoms with E-state index in [-0.39, 0.29) is 25.7 Å². The van der Waals surface area contributed by atoms with Gasteiger partial charge in [-0.25, -0.2) is 24.2 Å². The third kappa shape index (κ3) is 8.94. The maximum atomic E-state index is 12.8. The van der Waals surface area contributed by atoms with Crippen LogP contribution in [0.3, 0.4) is 0 Å². The molecule has 0 aliphatic heterocycles. The number of guanidine groups is 1. The predicted octanol–water partition coefficient (Wildman–Crippen LogP) is 5.19. The molecule has 4 aromatic carbocycles. The first-order valence-electron chi connectivity index (χ1n) is 14.7. The van der Waals surface area contributed by atoms with Crippen molar-refractivity contribution < 1.29 is 38.5 Å². The van der Waals surface area contributed by atoms with Crippen LogP contribution in [0.25, 0.3) is 11.1 Å². The van der Waals surface area contributed by atoms with Crippen LogP contribution in [0.2, 0.25) is 0 Å². The predicted molar refractivity (Wildman–Crippen MR) is 171 cm³/mol. The van der Waals surface area contributed by atoms with E-state index in [2.05, 4.69) is 20.9 Å². The fourth-order valence-corrected chi connectivity index (χ4v) is 4.97. The molecule has 0 aromatic heterocycles. The van der Waals surface area contributed by atoms with E-state index in [9.17, 15) is 24.3 Å². The molecule has 0 bridgehead atoms. The van der Waals surface area contributed by atoms with E-state index >= 15 is 0 Å². The summed E-state index contributed by atoms with van der Waals surface area (Å²) in [6.07, 6.45) is -2.90. The Morgan fingerprint density at radius 3 is 1.60 bits per heavy atom. The number of hydrogen-bond donors (Lipinski definition) is 4. The highest BCUT2D eigenvalue weighted by molar-refractivity contribution is 6.01. The molecule has 1 atom stereocenters. The molecule has 0 radical (unpaired) electrons. The normalized spacial score (nSPS) is 12.0. The number of aliphatic carboxylic acids is 1. The number of rotatable bonds is 10. The minimum absolute atomic E-state index is 0.0235. The second-order valence-corrected chi connectivity index (χ2v) is 10.4. The number of fused-ring (bicyclic) bond motifs is 3. The van der Waals surface area contributed by atoms with Crippen LogP contribution >= 0.6 is 0 Å². The zero-order valence-corrected chi connectivity index (χ0v) is 25.1. The lowest BCUT2D eigenvalue weighted by atomic mass is 9.98. The molecule has 1 aliphatic carbocycles. The Morgan fingerprint density at radius 1 is 0.638 bits per heavy atom. The van der Waals surface area contributed by atoms with E-state index in [1.807, 2.05) is 60.7 Å². The Kier molecular flexibility index (Phi) is 10.8. The average molecular weight is 637 g/mol. The molecule has 0 saturated heterocycles. The van der Waals surface area contributed by atoms with E-state index in [1.165, 1.54) is 0 Å². The van der Waals surface area contributed by atoms with Gasteiger partial charge in [-0.05, 0) is 33.4 Å². The first kappa shape index (κ1) is 32.2. The summed E-state index contributed by atoms with van der Waals surface area (Å²) in [5.74, 6) is -2.08. The standard InChI is InChI=1S/C35H32N4O8/c40-31(41)30(37-33(42)47-22-29-27-17-9-7-15-25(27)26-16-8-10-18-28(26)29)19-36-32(38-34(43)45-20-23-11-3-1-4-12-23)39-35(44)46-21-24-13-5-2-6-14-24/h1-18,29-30H,19-22H2,(H,37,42)(H,40,41)(H2,36,38,39,43,44)/t30-/m0/s1. The molecule has 47 heavy (non-hydrogen) atoms. The van der Waals surface area contributed by atoms with Gasteiger partial charge in [0.15, 0.2) is 0 Å². The Morgan fingerprint density at radius 2 is 1.11 bits per heavy atom. The van der Waals surface area contributed by atoms with E-state index in [1.54, 1.807) is 48.5 Å². The zero-order valence-electron chi connectivity index (χ0n) is 25.1. The minimum atomic E-state index is -1.56. The number of nitrogens with zero attached hydrogens (tertiary/aromatic N) is 1. The van der Waals surface area contributed by atoms with Crippen molar-refractivity contribution in [2.24, 2.45) is 4.99 Å². The van der Waals surface area contributed by atoms with E-state index in [0.717, 1.165) is 33.4 Å². The summed E-state index contributed by atoms with van der Waals surface area (Å²) in [5.41, 5.74) is 5.53. The summed E-state index contributed by atoms with van der Waals surface area (Å²) < 4.78 is 15.8. The van der Waals surface area contributed by atoms with Crippen molar-refractivity contribution in [2.45, 2.75) is 25.2 Å². The van der Waals surface area contributed by atoms with Crippen LogP contribution in [0.4, 0.5) is 14.4 Å². The molecular weight excluding hydrogens is 604 g/mol. The molecule has 0 fully saturated rings. The van der Waals surface area contributed by atoms with Crippen molar-refractivity contribution >= 4 is 30.2 Å². The average Bonchev–Trinajstić information content (AvgIpc) is 3.41. The monoisotopic (exact) mass is 636 g/mol. The second-order valence-electron chi connectivity index (χ2n) is 10.4. The first-order valence-corrected chi connectivity index (χ1v) is 14.7. The van der Waals surface area contributed by atoms with Gasteiger partial charge in [0.2, 0.25) is 5.96 Å². The molecule has 0 saturated carbocycles. The van der Waals surface area contributed by atoms with Crippen LogP contribution in [0.5, 0.6) is 0 Å². The van der Waals surface area contributed by atoms with Gasteiger partial charge in [-0.15, -0.1) is 0 Å². The van der Waals surface area contributed by atoms with Crippen molar-refractivity contribution in [3.05, 3.63) is 131 Å². The van der Waals surface area contributed by atoms with Gasteiger partial charge >= 0.3 is 24.2 Å². The van der Waals surface area contributed by atoms with E-state index < -0.39 is 42.8 Å². The molecule has 0 unspecified atom stereocenters. The highest BCUT2D eigenvalue weighted by atomic mass is 16.6. The Bertz CT molecular complexity index is 1640. The summed E-state index contributed by atoms with van der Waals surface area (Å²) in [6, 6.07) is 31.8. The quantitative estimate of drug-likeness (QED) is 0.105. The van der Waals surface area contributed by atoms with E-state index in [0.29, 0.717) is 0 Å². The number of ether oxygens (including phenoxy) is 3. The first-order chi connectivity index (χ1) is 22.9. The van der Waals surface area contributed by atoms with Crippen molar-refractivity contribution in [3.8, 4) is 11.1 Å². The molecule has 4 N–H and O–H groups in total. The van der Waals surface area contributed by atoms with Gasteiger partial charge in [-0.3, -0.25) is 10.6 Å².